The number of hydrogen-bond donors (Lipinski definition) is 0. The van der Waals surface area contributed by atoms with E-state index in [0.29, 0.717) is 0 Å². The Labute approximate surface area is 91.3 Å². The van der Waals surface area contributed by atoms with Gasteiger partial charge in [-0.05, 0) is 12.5 Å². The molecular weight excluding hydrogens is 186 g/mol. The molecule has 0 amide bonds. The lowest BCUT2D eigenvalue weighted by atomic mass is 10.2. The Hall–Kier alpha value is -1.57. The van der Waals surface area contributed by atoms with Gasteiger partial charge in [-0.3, -0.25) is 4.99 Å². The van der Waals surface area contributed by atoms with Crippen LogP contribution < -0.4 is 0 Å². The molecule has 0 heterocycles. The lowest BCUT2D eigenvalue weighted by Crippen LogP contribution is -2.01. The highest BCUT2D eigenvalue weighted by molar-refractivity contribution is 5.79. The maximum Gasteiger partial charge on any atom is 0.0905 e. The Balaban J connectivity index is 2.47. The highest BCUT2D eigenvalue weighted by atomic mass is 16.5. The number of ether oxygens (including phenoxy) is 1. The average molecular weight is 203 g/mol. The van der Waals surface area contributed by atoms with Crippen LogP contribution in [-0.4, -0.2) is 19.4 Å². The number of methoxy groups -OCH3 is 1. The predicted octanol–water partition coefficient (Wildman–Crippen LogP) is 3.04. The van der Waals surface area contributed by atoms with E-state index in [1.807, 2.05) is 43.5 Å². The molecule has 0 aliphatic carbocycles. The van der Waals surface area contributed by atoms with Gasteiger partial charge >= 0.3 is 0 Å². The smallest absolute Gasteiger partial charge is 0.0905 e. The van der Waals surface area contributed by atoms with Gasteiger partial charge < -0.3 is 4.74 Å². The molecule has 0 radical (unpaired) electrons. The van der Waals surface area contributed by atoms with Gasteiger partial charge in [-0.25, -0.2) is 0 Å². The lowest BCUT2D eigenvalue weighted by molar-refractivity contribution is 0.274. The molecule has 1 aromatic rings. The summed E-state index contributed by atoms with van der Waals surface area (Å²) in [6.07, 6.45) is 2.65. The van der Waals surface area contributed by atoms with E-state index < -0.39 is 0 Å². The summed E-state index contributed by atoms with van der Waals surface area (Å²) in [5.74, 6) is 0.771. The summed E-state index contributed by atoms with van der Waals surface area (Å²) in [5.41, 5.74) is 1.12. The highest BCUT2D eigenvalue weighted by Crippen LogP contribution is 2.06. The minimum absolute atomic E-state index is 0.206. The van der Waals surface area contributed by atoms with Crippen molar-refractivity contribution in [2.75, 3.05) is 7.11 Å². The molecule has 80 valence electrons. The fourth-order valence-electron chi connectivity index (χ4n) is 1.22. The maximum absolute atomic E-state index is 5.00. The van der Waals surface area contributed by atoms with Crippen LogP contribution in [0.15, 0.2) is 47.7 Å². The number of nitrogens with zero attached hydrogens (tertiary/aromatic N) is 1. The zero-order valence-electron chi connectivity index (χ0n) is 9.31. The molecule has 0 aromatic heterocycles. The molecule has 0 saturated carbocycles. The van der Waals surface area contributed by atoms with Crippen molar-refractivity contribution in [3.05, 3.63) is 48.2 Å². The number of hydrogen-bond acceptors (Lipinski definition) is 2. The van der Waals surface area contributed by atoms with Gasteiger partial charge in [0.05, 0.1) is 18.9 Å². The van der Waals surface area contributed by atoms with E-state index in [2.05, 4.69) is 11.6 Å². The molecule has 2 nitrogen and oxygen atoms in total. The van der Waals surface area contributed by atoms with Crippen LogP contribution in [0.3, 0.4) is 0 Å². The third kappa shape index (κ3) is 4.45. The highest BCUT2D eigenvalue weighted by Gasteiger charge is 2.00. The van der Waals surface area contributed by atoms with Gasteiger partial charge in [-0.2, -0.15) is 0 Å². The summed E-state index contributed by atoms with van der Waals surface area (Å²) in [6.45, 7) is 5.82. The van der Waals surface area contributed by atoms with Crippen molar-refractivity contribution in [1.82, 2.24) is 0 Å². The first-order chi connectivity index (χ1) is 7.22. The van der Waals surface area contributed by atoms with Crippen molar-refractivity contribution in [2.45, 2.75) is 19.4 Å². The quantitative estimate of drug-likeness (QED) is 0.532. The molecule has 0 bridgehead atoms. The van der Waals surface area contributed by atoms with Crippen molar-refractivity contribution in [3.8, 4) is 0 Å². The minimum atomic E-state index is 0.206. The van der Waals surface area contributed by atoms with Crippen molar-refractivity contribution in [1.29, 1.82) is 0 Å². The summed E-state index contributed by atoms with van der Waals surface area (Å²) in [6, 6.07) is 10.3. The molecule has 2 heteroatoms. The summed E-state index contributed by atoms with van der Waals surface area (Å²) >= 11 is 0. The van der Waals surface area contributed by atoms with Gasteiger partial charge in [0, 0.05) is 12.6 Å². The summed E-state index contributed by atoms with van der Waals surface area (Å²) in [5, 5.41) is 0. The van der Waals surface area contributed by atoms with E-state index >= 15 is 0 Å². The molecule has 1 unspecified atom stereocenters. The topological polar surface area (TPSA) is 21.6 Å². The second-order valence-corrected chi connectivity index (χ2v) is 3.48. The van der Waals surface area contributed by atoms with Crippen LogP contribution in [0, 0.1) is 0 Å². The first kappa shape index (κ1) is 11.5. The van der Waals surface area contributed by atoms with Crippen LogP contribution in [0.5, 0.6) is 0 Å². The molecule has 0 fully saturated rings. The van der Waals surface area contributed by atoms with Crippen LogP contribution in [0.4, 0.5) is 0 Å². The Bertz CT molecular complexity index is 330. The van der Waals surface area contributed by atoms with E-state index in [9.17, 15) is 0 Å². The Morgan fingerprint density at radius 3 is 2.73 bits per heavy atom. The molecule has 0 aliphatic heterocycles. The third-order valence-electron chi connectivity index (χ3n) is 2.09. The Morgan fingerprint density at radius 2 is 2.13 bits per heavy atom. The Morgan fingerprint density at radius 1 is 1.47 bits per heavy atom. The molecule has 1 aromatic carbocycles. The van der Waals surface area contributed by atoms with Crippen molar-refractivity contribution in [2.24, 2.45) is 4.99 Å². The van der Waals surface area contributed by atoms with Crippen molar-refractivity contribution >= 4 is 6.21 Å². The summed E-state index contributed by atoms with van der Waals surface area (Å²) in [7, 11) is 1.63. The third-order valence-corrected chi connectivity index (χ3v) is 2.09. The van der Waals surface area contributed by atoms with Crippen LogP contribution in [0.2, 0.25) is 0 Å². The SMILES string of the molecule is C=C(CC(C)N=Cc1ccccc1)OC. The van der Waals surface area contributed by atoms with Gasteiger partial charge in [0.2, 0.25) is 0 Å². The fourth-order valence-corrected chi connectivity index (χ4v) is 1.22. The fraction of sp³-hybridized carbons (Fsp3) is 0.308. The van der Waals surface area contributed by atoms with Crippen LogP contribution >= 0.6 is 0 Å². The molecule has 0 saturated heterocycles. The lowest BCUT2D eigenvalue weighted by Gasteiger charge is -2.07. The average Bonchev–Trinajstić information content (AvgIpc) is 2.27. The van der Waals surface area contributed by atoms with Crippen molar-refractivity contribution < 1.29 is 4.74 Å². The van der Waals surface area contributed by atoms with E-state index in [1.165, 1.54) is 0 Å². The van der Waals surface area contributed by atoms with Gasteiger partial charge in [-0.1, -0.05) is 36.9 Å². The van der Waals surface area contributed by atoms with Gasteiger partial charge in [0.1, 0.15) is 0 Å². The van der Waals surface area contributed by atoms with Crippen molar-refractivity contribution in [3.63, 3.8) is 0 Å². The molecule has 0 aliphatic rings. The zero-order valence-corrected chi connectivity index (χ0v) is 9.31. The number of rotatable bonds is 5. The van der Waals surface area contributed by atoms with Gasteiger partial charge in [0.25, 0.3) is 0 Å². The first-order valence-corrected chi connectivity index (χ1v) is 5.02. The van der Waals surface area contributed by atoms with E-state index in [-0.39, 0.29) is 6.04 Å². The second-order valence-electron chi connectivity index (χ2n) is 3.48. The summed E-state index contributed by atoms with van der Waals surface area (Å²) < 4.78 is 5.00. The standard InChI is InChI=1S/C13H17NO/c1-11(9-12(2)15-3)14-10-13-7-5-4-6-8-13/h4-8,10-11H,2,9H2,1,3H3. The monoisotopic (exact) mass is 203 g/mol. The summed E-state index contributed by atoms with van der Waals surface area (Å²) in [4.78, 5) is 4.42. The predicted molar refractivity (Wildman–Crippen MR) is 64.3 cm³/mol. The van der Waals surface area contributed by atoms with E-state index in [4.69, 9.17) is 4.74 Å². The normalized spacial score (nSPS) is 12.7. The molecular formula is C13H17NO. The van der Waals surface area contributed by atoms with Crippen LogP contribution in [0.25, 0.3) is 0 Å². The molecule has 0 spiro atoms. The Kier molecular flexibility index (Phi) is 4.61. The second kappa shape index (κ2) is 6.02. The van der Waals surface area contributed by atoms with Crippen LogP contribution in [0.1, 0.15) is 18.9 Å². The number of aliphatic imine (C=N–C) groups is 1. The number of benzene rings is 1. The molecule has 15 heavy (non-hydrogen) atoms. The zero-order chi connectivity index (χ0) is 11.1. The largest absolute Gasteiger partial charge is 0.502 e. The molecule has 1 atom stereocenters. The first-order valence-electron chi connectivity index (χ1n) is 5.02. The van der Waals surface area contributed by atoms with Gasteiger partial charge in [0.15, 0.2) is 0 Å². The molecule has 1 rings (SSSR count). The van der Waals surface area contributed by atoms with E-state index in [1.54, 1.807) is 7.11 Å². The van der Waals surface area contributed by atoms with Crippen LogP contribution in [-0.2, 0) is 4.74 Å². The van der Waals surface area contributed by atoms with Gasteiger partial charge in [-0.15, -0.1) is 0 Å². The van der Waals surface area contributed by atoms with E-state index in [0.717, 1.165) is 17.7 Å². The maximum atomic E-state index is 5.00. The minimum Gasteiger partial charge on any atom is -0.502 e. The molecule has 0 N–H and O–H groups in total.